The predicted octanol–water partition coefficient (Wildman–Crippen LogP) is 0.225. The Bertz CT molecular complexity index is 589. The molecule has 0 unspecified atom stereocenters. The van der Waals surface area contributed by atoms with Gasteiger partial charge in [-0.25, -0.2) is 15.0 Å². The molecule has 0 bridgehead atoms. The van der Waals surface area contributed by atoms with E-state index in [1.165, 1.54) is 6.33 Å². The number of nitrogens with one attached hydrogen (secondary N) is 1. The average molecular weight is 281 g/mol. The lowest BCUT2D eigenvalue weighted by Crippen LogP contribution is -2.20. The van der Waals surface area contributed by atoms with Crippen LogP contribution in [0.25, 0.3) is 11.2 Å². The van der Waals surface area contributed by atoms with Gasteiger partial charge in [-0.3, -0.25) is 0 Å². The molecule has 19 heavy (non-hydrogen) atoms. The van der Waals surface area contributed by atoms with Crippen LogP contribution < -0.4 is 5.32 Å². The molecule has 2 aromatic heterocycles. The van der Waals surface area contributed by atoms with Gasteiger partial charge in [0.1, 0.15) is 11.8 Å². The lowest BCUT2D eigenvalue weighted by Gasteiger charge is -2.11. The molecule has 1 aliphatic rings. The van der Waals surface area contributed by atoms with Crippen LogP contribution in [0, 0.1) is 0 Å². The molecule has 0 aliphatic carbocycles. The summed E-state index contributed by atoms with van der Waals surface area (Å²) in [6.45, 7) is -0.0221. The van der Waals surface area contributed by atoms with Gasteiger partial charge < -0.3 is 20.1 Å². The third kappa shape index (κ3) is 2.05. The highest BCUT2D eigenvalue weighted by atomic mass is 32.2. The molecule has 3 rings (SSSR count). The second kappa shape index (κ2) is 4.95. The fourth-order valence-corrected chi connectivity index (χ4v) is 3.67. The number of thioether (sulfide) groups is 1. The van der Waals surface area contributed by atoms with Gasteiger partial charge in [0.05, 0.1) is 29.7 Å². The molecule has 0 spiro atoms. The summed E-state index contributed by atoms with van der Waals surface area (Å²) < 4.78 is 1.93. The van der Waals surface area contributed by atoms with Gasteiger partial charge in [-0.2, -0.15) is 0 Å². The molecule has 0 saturated carbocycles. The van der Waals surface area contributed by atoms with Gasteiger partial charge >= 0.3 is 0 Å². The molecule has 3 atom stereocenters. The zero-order valence-corrected chi connectivity index (χ0v) is 11.2. The Morgan fingerprint density at radius 2 is 2.32 bits per heavy atom. The molecule has 2 aromatic rings. The van der Waals surface area contributed by atoms with Crippen molar-refractivity contribution in [3.63, 3.8) is 0 Å². The van der Waals surface area contributed by atoms with Crippen LogP contribution in [0.15, 0.2) is 12.7 Å². The molecule has 0 amide bonds. The van der Waals surface area contributed by atoms with Crippen LogP contribution in [-0.2, 0) is 0 Å². The van der Waals surface area contributed by atoms with E-state index >= 15 is 0 Å². The summed E-state index contributed by atoms with van der Waals surface area (Å²) in [6.07, 6.45) is 3.29. The third-order valence-corrected chi connectivity index (χ3v) is 4.84. The molecule has 102 valence electrons. The molecule has 1 saturated heterocycles. The maximum atomic E-state index is 9.87. The Balaban J connectivity index is 1.98. The first kappa shape index (κ1) is 12.6. The van der Waals surface area contributed by atoms with Crippen molar-refractivity contribution < 1.29 is 10.2 Å². The van der Waals surface area contributed by atoms with Crippen molar-refractivity contribution in [1.82, 2.24) is 19.5 Å². The molecule has 1 fully saturated rings. The van der Waals surface area contributed by atoms with Crippen LogP contribution in [-0.4, -0.2) is 54.7 Å². The van der Waals surface area contributed by atoms with Crippen LogP contribution in [0.5, 0.6) is 0 Å². The Labute approximate surface area is 114 Å². The Morgan fingerprint density at radius 1 is 1.47 bits per heavy atom. The smallest absolute Gasteiger partial charge is 0.166 e. The van der Waals surface area contributed by atoms with E-state index in [2.05, 4.69) is 20.3 Å². The molecule has 8 heteroatoms. The predicted molar refractivity (Wildman–Crippen MR) is 73.0 cm³/mol. The molecule has 0 radical (unpaired) electrons. The normalized spacial score (nSPS) is 27.0. The minimum atomic E-state index is -0.497. The minimum Gasteiger partial charge on any atom is -0.395 e. The first-order chi connectivity index (χ1) is 9.24. The monoisotopic (exact) mass is 281 g/mol. The number of imidazole rings is 1. The van der Waals surface area contributed by atoms with Crippen LogP contribution in [0.2, 0.25) is 0 Å². The van der Waals surface area contributed by atoms with Crippen molar-refractivity contribution in [3.8, 4) is 0 Å². The second-order valence-electron chi connectivity index (χ2n) is 4.41. The molecule has 7 nitrogen and oxygen atoms in total. The van der Waals surface area contributed by atoms with Gasteiger partial charge in [0.15, 0.2) is 11.5 Å². The zero-order valence-electron chi connectivity index (χ0n) is 10.4. The number of aliphatic hydroxyl groups is 2. The maximum Gasteiger partial charge on any atom is 0.166 e. The van der Waals surface area contributed by atoms with Crippen molar-refractivity contribution in [2.45, 2.75) is 23.1 Å². The average Bonchev–Trinajstić information content (AvgIpc) is 3.01. The van der Waals surface area contributed by atoms with E-state index in [-0.39, 0.29) is 17.2 Å². The maximum absolute atomic E-state index is 9.87. The van der Waals surface area contributed by atoms with E-state index in [4.69, 9.17) is 0 Å². The van der Waals surface area contributed by atoms with Crippen LogP contribution in [0.3, 0.4) is 0 Å². The van der Waals surface area contributed by atoms with Gasteiger partial charge in [-0.05, 0) is 0 Å². The quantitative estimate of drug-likeness (QED) is 0.741. The summed E-state index contributed by atoms with van der Waals surface area (Å²) >= 11 is 1.55. The van der Waals surface area contributed by atoms with Crippen LogP contribution in [0.1, 0.15) is 11.8 Å². The Morgan fingerprint density at radius 3 is 3.00 bits per heavy atom. The van der Waals surface area contributed by atoms with E-state index in [0.717, 1.165) is 5.65 Å². The Hall–Kier alpha value is -1.38. The van der Waals surface area contributed by atoms with Crippen molar-refractivity contribution in [1.29, 1.82) is 0 Å². The molecular formula is C11H15N5O2S. The Kier molecular flexibility index (Phi) is 3.29. The highest BCUT2D eigenvalue weighted by molar-refractivity contribution is 8.00. The lowest BCUT2D eigenvalue weighted by atomic mass is 10.2. The van der Waals surface area contributed by atoms with Gasteiger partial charge in [0.25, 0.3) is 0 Å². The summed E-state index contributed by atoms with van der Waals surface area (Å²) in [5, 5.41) is 21.9. The standard InChI is InChI=1S/C11H15N5O2S/c1-12-10-9-11(14-4-13-10)16(5-15-9)8-2-6(18)7(3-17)19-8/h4-8,17-18H,2-3H2,1H3,(H,12,13,14)/t6-,7+,8+/m1/s1. The summed E-state index contributed by atoms with van der Waals surface area (Å²) in [7, 11) is 1.79. The highest BCUT2D eigenvalue weighted by Crippen LogP contribution is 2.42. The van der Waals surface area contributed by atoms with E-state index < -0.39 is 6.10 Å². The largest absolute Gasteiger partial charge is 0.395 e. The first-order valence-corrected chi connectivity index (χ1v) is 6.98. The summed E-state index contributed by atoms with van der Waals surface area (Å²) in [6, 6.07) is 0. The van der Waals surface area contributed by atoms with Gasteiger partial charge in [0.2, 0.25) is 0 Å². The van der Waals surface area contributed by atoms with Crippen molar-refractivity contribution in [2.75, 3.05) is 19.0 Å². The topological polar surface area (TPSA) is 96.1 Å². The van der Waals surface area contributed by atoms with E-state index in [1.807, 2.05) is 4.57 Å². The van der Waals surface area contributed by atoms with Gasteiger partial charge in [0, 0.05) is 13.5 Å². The molecule has 3 heterocycles. The highest BCUT2D eigenvalue weighted by Gasteiger charge is 2.35. The van der Waals surface area contributed by atoms with E-state index in [1.54, 1.807) is 25.1 Å². The van der Waals surface area contributed by atoms with Crippen molar-refractivity contribution in [3.05, 3.63) is 12.7 Å². The van der Waals surface area contributed by atoms with Gasteiger partial charge in [-0.15, -0.1) is 11.8 Å². The number of aromatic nitrogens is 4. The number of hydrogen-bond acceptors (Lipinski definition) is 7. The van der Waals surface area contributed by atoms with E-state index in [0.29, 0.717) is 17.8 Å². The van der Waals surface area contributed by atoms with Crippen LogP contribution >= 0.6 is 11.8 Å². The number of nitrogens with zero attached hydrogens (tertiary/aromatic N) is 4. The molecule has 3 N–H and O–H groups in total. The molecule has 0 aromatic carbocycles. The first-order valence-electron chi connectivity index (χ1n) is 6.04. The SMILES string of the molecule is CNc1ncnc2c1ncn2[C@@H]1C[C@@H](O)[C@H](CO)S1. The molecule has 1 aliphatic heterocycles. The van der Waals surface area contributed by atoms with Crippen molar-refractivity contribution >= 4 is 28.7 Å². The minimum absolute atomic E-state index is 0.0221. The lowest BCUT2D eigenvalue weighted by molar-refractivity contribution is 0.138. The fraction of sp³-hybridized carbons (Fsp3) is 0.545. The number of anilines is 1. The van der Waals surface area contributed by atoms with Gasteiger partial charge in [-0.1, -0.05) is 0 Å². The molecular weight excluding hydrogens is 266 g/mol. The number of aliphatic hydroxyl groups excluding tert-OH is 2. The number of fused-ring (bicyclic) bond motifs is 1. The third-order valence-electron chi connectivity index (χ3n) is 3.29. The summed E-state index contributed by atoms with van der Waals surface area (Å²) in [4.78, 5) is 12.7. The second-order valence-corrected chi connectivity index (χ2v) is 5.83. The number of rotatable bonds is 3. The summed E-state index contributed by atoms with van der Waals surface area (Å²) in [5.41, 5.74) is 1.45. The zero-order chi connectivity index (χ0) is 13.4. The van der Waals surface area contributed by atoms with E-state index in [9.17, 15) is 10.2 Å². The van der Waals surface area contributed by atoms with Crippen LogP contribution in [0.4, 0.5) is 5.82 Å². The summed E-state index contributed by atoms with van der Waals surface area (Å²) in [5.74, 6) is 0.686. The number of hydrogen-bond donors (Lipinski definition) is 3. The fourth-order valence-electron chi connectivity index (χ4n) is 2.30. The van der Waals surface area contributed by atoms with Crippen molar-refractivity contribution in [2.24, 2.45) is 0 Å².